The molecule has 1 fully saturated rings. The summed E-state index contributed by atoms with van der Waals surface area (Å²) in [7, 11) is -8.48. The molecule has 1 aliphatic rings. The van der Waals surface area contributed by atoms with Crippen molar-refractivity contribution in [1.29, 1.82) is 0 Å². The van der Waals surface area contributed by atoms with Crippen molar-refractivity contribution in [3.8, 4) is 0 Å². The molecule has 154 valence electrons. The molecule has 14 nitrogen and oxygen atoms in total. The molecule has 24 heavy (non-hydrogen) atoms. The number of nitrogens with zero attached hydrogens (tertiary/aromatic N) is 2. The first-order valence-corrected chi connectivity index (χ1v) is 8.98. The molecule has 0 spiro atoms. The third kappa shape index (κ3) is 26.6. The maximum atomic E-state index is 10.5. The topological polar surface area (TPSA) is 299 Å². The smallest absolute Gasteiger partial charge is 0.395 e. The fourth-order valence-electron chi connectivity index (χ4n) is 1.62. The van der Waals surface area contributed by atoms with E-state index in [1.165, 1.54) is 0 Å². The van der Waals surface area contributed by atoms with E-state index >= 15 is 0 Å². The zero-order valence-corrected chi connectivity index (χ0v) is 15.4. The standard InChI is InChI=1S/C8H18N2O4S.4H3N.H3O4P/c11-7-5-9-1-3-10(4-2-9)6-8-15(12,13)14;;;;;1-5(2,3)4/h11H,1-8H2,(H,12,13,14);4*1H3;(H3,1,2,3,4). The molecule has 1 saturated heterocycles. The van der Waals surface area contributed by atoms with E-state index in [0.717, 1.165) is 26.2 Å². The Morgan fingerprint density at radius 3 is 1.38 bits per heavy atom. The summed E-state index contributed by atoms with van der Waals surface area (Å²) in [4.78, 5) is 25.7. The first-order chi connectivity index (χ1) is 9.01. The number of hydrogen-bond donors (Lipinski definition) is 9. The van der Waals surface area contributed by atoms with Gasteiger partial charge in [0.15, 0.2) is 0 Å². The maximum Gasteiger partial charge on any atom is 0.466 e. The van der Waals surface area contributed by atoms with Crippen LogP contribution in [0.4, 0.5) is 0 Å². The average molecular weight is 404 g/mol. The number of aliphatic hydroxyl groups excluding tert-OH is 1. The van der Waals surface area contributed by atoms with Crippen molar-refractivity contribution < 1.29 is 37.3 Å². The molecule has 0 unspecified atom stereocenters. The van der Waals surface area contributed by atoms with Gasteiger partial charge in [-0.15, -0.1) is 0 Å². The molecular formula is C8H33N6O8PS. The monoisotopic (exact) mass is 404 g/mol. The van der Waals surface area contributed by atoms with E-state index in [9.17, 15) is 8.42 Å². The molecule has 0 aliphatic carbocycles. The van der Waals surface area contributed by atoms with Crippen molar-refractivity contribution >= 4 is 17.9 Å². The number of piperazine rings is 1. The number of rotatable bonds is 5. The molecule has 1 aliphatic heterocycles. The van der Waals surface area contributed by atoms with Crippen LogP contribution in [0, 0.1) is 0 Å². The van der Waals surface area contributed by atoms with Crippen LogP contribution in [-0.4, -0.2) is 94.2 Å². The predicted octanol–water partition coefficient (Wildman–Crippen LogP) is -1.80. The molecule has 1 heterocycles. The Kier molecular flexibility index (Phi) is 23.6. The second-order valence-corrected chi connectivity index (χ2v) is 6.80. The van der Waals surface area contributed by atoms with Crippen LogP contribution < -0.4 is 24.6 Å². The lowest BCUT2D eigenvalue weighted by molar-refractivity contribution is 0.116. The van der Waals surface area contributed by atoms with E-state index < -0.39 is 17.9 Å². The zero-order chi connectivity index (χ0) is 15.8. The Hall–Kier alpha value is -0.260. The first kappa shape index (κ1) is 35.0. The van der Waals surface area contributed by atoms with E-state index in [4.69, 9.17) is 28.9 Å². The second kappa shape index (κ2) is 16.2. The van der Waals surface area contributed by atoms with Gasteiger partial charge in [-0.1, -0.05) is 0 Å². The van der Waals surface area contributed by atoms with Gasteiger partial charge in [0, 0.05) is 39.3 Å². The van der Waals surface area contributed by atoms with Gasteiger partial charge in [-0.2, -0.15) is 8.42 Å². The van der Waals surface area contributed by atoms with E-state index in [1.807, 2.05) is 4.90 Å². The minimum absolute atomic E-state index is 0. The molecule has 16 heteroatoms. The van der Waals surface area contributed by atoms with Crippen molar-refractivity contribution in [2.45, 2.75) is 0 Å². The minimum Gasteiger partial charge on any atom is -0.395 e. The second-order valence-electron chi connectivity index (χ2n) is 4.21. The summed E-state index contributed by atoms with van der Waals surface area (Å²) >= 11 is 0. The van der Waals surface area contributed by atoms with E-state index in [0.29, 0.717) is 13.1 Å². The van der Waals surface area contributed by atoms with Gasteiger partial charge in [-0.05, 0) is 0 Å². The van der Waals surface area contributed by atoms with Crippen molar-refractivity contribution in [2.75, 3.05) is 51.6 Å². The Balaban J connectivity index is -0.000000119. The zero-order valence-electron chi connectivity index (χ0n) is 13.7. The molecule has 0 amide bonds. The predicted molar refractivity (Wildman–Crippen MR) is 90.7 cm³/mol. The lowest BCUT2D eigenvalue weighted by Crippen LogP contribution is -2.48. The average Bonchev–Trinajstić information content (AvgIpc) is 2.25. The van der Waals surface area contributed by atoms with E-state index in [-0.39, 0.29) is 37.0 Å². The number of β-amino-alcohol motifs (C(OH)–C–C–N with tert-alkyl or cyclic N) is 1. The summed E-state index contributed by atoms with van der Waals surface area (Å²) in [6, 6.07) is 0. The molecule has 17 N–H and O–H groups in total. The third-order valence-corrected chi connectivity index (χ3v) is 3.25. The lowest BCUT2D eigenvalue weighted by atomic mass is 10.3. The molecular weight excluding hydrogens is 371 g/mol. The van der Waals surface area contributed by atoms with Crippen LogP contribution in [0.2, 0.25) is 0 Å². The van der Waals surface area contributed by atoms with Crippen molar-refractivity contribution in [3.63, 3.8) is 0 Å². The minimum atomic E-state index is -4.64. The van der Waals surface area contributed by atoms with Crippen LogP contribution in [0.25, 0.3) is 0 Å². The van der Waals surface area contributed by atoms with Crippen molar-refractivity contribution in [3.05, 3.63) is 0 Å². The summed E-state index contributed by atoms with van der Waals surface area (Å²) in [6.07, 6.45) is 0. The molecule has 0 aromatic rings. The summed E-state index contributed by atoms with van der Waals surface area (Å²) in [5, 5.41) is 8.73. The highest BCUT2D eigenvalue weighted by Crippen LogP contribution is 2.25. The molecule has 0 aromatic carbocycles. The summed E-state index contributed by atoms with van der Waals surface area (Å²) in [5.41, 5.74) is 0. The number of aliphatic hydroxyl groups is 1. The Morgan fingerprint density at radius 1 is 0.833 bits per heavy atom. The molecule has 0 aromatic heterocycles. The van der Waals surface area contributed by atoms with Gasteiger partial charge in [0.1, 0.15) is 0 Å². The van der Waals surface area contributed by atoms with Crippen molar-refractivity contribution in [1.82, 2.24) is 34.4 Å². The van der Waals surface area contributed by atoms with Crippen LogP contribution >= 0.6 is 7.82 Å². The van der Waals surface area contributed by atoms with Crippen LogP contribution in [0.3, 0.4) is 0 Å². The van der Waals surface area contributed by atoms with Crippen LogP contribution in [0.1, 0.15) is 0 Å². The van der Waals surface area contributed by atoms with Gasteiger partial charge < -0.3 is 44.4 Å². The van der Waals surface area contributed by atoms with Gasteiger partial charge >= 0.3 is 7.82 Å². The summed E-state index contributed by atoms with van der Waals surface area (Å²) in [5.74, 6) is -0.201. The van der Waals surface area contributed by atoms with Gasteiger partial charge in [0.2, 0.25) is 0 Å². The SMILES string of the molecule is N.N.N.N.O=P(O)(O)O.O=S(=O)(O)CCN1CCN(CCO)CC1. The van der Waals surface area contributed by atoms with Crippen molar-refractivity contribution in [2.24, 2.45) is 0 Å². The van der Waals surface area contributed by atoms with E-state index in [2.05, 4.69) is 4.90 Å². The highest BCUT2D eigenvalue weighted by Gasteiger charge is 2.17. The molecule has 0 radical (unpaired) electrons. The third-order valence-electron chi connectivity index (χ3n) is 2.55. The fourth-order valence-corrected chi connectivity index (χ4v) is 2.11. The maximum absolute atomic E-state index is 10.5. The Labute approximate surface area is 142 Å². The van der Waals surface area contributed by atoms with Crippen LogP contribution in [0.15, 0.2) is 0 Å². The van der Waals surface area contributed by atoms with Crippen LogP contribution in [0.5, 0.6) is 0 Å². The van der Waals surface area contributed by atoms with Crippen LogP contribution in [-0.2, 0) is 14.7 Å². The number of phosphoric acid groups is 1. The highest BCUT2D eigenvalue weighted by atomic mass is 32.2. The first-order valence-electron chi connectivity index (χ1n) is 5.80. The molecule has 1 rings (SSSR count). The fraction of sp³-hybridized carbons (Fsp3) is 1.00. The lowest BCUT2D eigenvalue weighted by Gasteiger charge is -2.33. The molecule has 0 atom stereocenters. The van der Waals surface area contributed by atoms with Gasteiger partial charge in [-0.25, -0.2) is 4.57 Å². The van der Waals surface area contributed by atoms with Gasteiger partial charge in [0.05, 0.1) is 12.4 Å². The largest absolute Gasteiger partial charge is 0.466 e. The quantitative estimate of drug-likeness (QED) is 0.180. The Bertz CT molecular complexity index is 405. The molecule has 0 bridgehead atoms. The van der Waals surface area contributed by atoms with Gasteiger partial charge in [-0.3, -0.25) is 14.4 Å². The summed E-state index contributed by atoms with van der Waals surface area (Å²) in [6.45, 7) is 4.46. The van der Waals surface area contributed by atoms with E-state index in [1.54, 1.807) is 0 Å². The highest BCUT2D eigenvalue weighted by molar-refractivity contribution is 7.85. The molecule has 0 saturated carbocycles. The number of hydrogen-bond acceptors (Lipinski definition) is 10. The van der Waals surface area contributed by atoms with Gasteiger partial charge in [0.25, 0.3) is 10.1 Å². The Morgan fingerprint density at radius 2 is 1.12 bits per heavy atom. The summed E-state index contributed by atoms with van der Waals surface area (Å²) < 4.78 is 38.5. The normalized spacial score (nSPS) is 15.4.